The monoisotopic (exact) mass is 572 g/mol. The van der Waals surface area contributed by atoms with Crippen LogP contribution in [0.1, 0.15) is 49.6 Å². The van der Waals surface area contributed by atoms with Crippen molar-refractivity contribution in [2.45, 2.75) is 25.4 Å². The van der Waals surface area contributed by atoms with Gasteiger partial charge < -0.3 is 15.2 Å². The van der Waals surface area contributed by atoms with Crippen LogP contribution in [-0.2, 0) is 0 Å². The summed E-state index contributed by atoms with van der Waals surface area (Å²) >= 11 is 0. The highest BCUT2D eigenvalue weighted by Crippen LogP contribution is 2.44. The number of aromatic carboxylic acids is 1. The van der Waals surface area contributed by atoms with Crippen molar-refractivity contribution >= 4 is 28.4 Å². The van der Waals surface area contributed by atoms with Gasteiger partial charge in [-0.2, -0.15) is 5.10 Å². The van der Waals surface area contributed by atoms with Crippen LogP contribution in [0.4, 0.5) is 0 Å². The lowest BCUT2D eigenvalue weighted by molar-refractivity contribution is -0.0138. The molecule has 1 spiro atoms. The van der Waals surface area contributed by atoms with Crippen molar-refractivity contribution in [3.63, 3.8) is 0 Å². The smallest absolute Gasteiger partial charge is 0.337 e. The molecule has 0 aliphatic carbocycles. The van der Waals surface area contributed by atoms with E-state index in [-0.39, 0.29) is 17.1 Å². The Kier molecular flexibility index (Phi) is 6.40. The summed E-state index contributed by atoms with van der Waals surface area (Å²) in [4.78, 5) is 44.3. The number of para-hydroxylation sites is 1. The number of ether oxygens (including phenoxy) is 1. The fourth-order valence-corrected chi connectivity index (χ4v) is 6.33. The summed E-state index contributed by atoms with van der Waals surface area (Å²) in [5, 5.41) is 18.3. The van der Waals surface area contributed by atoms with E-state index in [0.717, 1.165) is 22.3 Å². The molecule has 9 heteroatoms. The maximum atomic E-state index is 14.4. The number of fused-ring (bicyclic) bond motifs is 2. The van der Waals surface area contributed by atoms with Gasteiger partial charge in [0.1, 0.15) is 17.3 Å². The van der Waals surface area contributed by atoms with Crippen LogP contribution in [-0.4, -0.2) is 56.1 Å². The van der Waals surface area contributed by atoms with Gasteiger partial charge in [0.2, 0.25) is 0 Å². The van der Waals surface area contributed by atoms with Crippen LogP contribution >= 0.6 is 0 Å². The van der Waals surface area contributed by atoms with E-state index < -0.39 is 17.5 Å². The number of benzene rings is 3. The summed E-state index contributed by atoms with van der Waals surface area (Å²) in [6, 6.07) is 22.0. The number of carboxylic acids is 1. The molecule has 0 radical (unpaired) electrons. The van der Waals surface area contributed by atoms with Gasteiger partial charge in [0, 0.05) is 41.7 Å². The third kappa shape index (κ3) is 4.49. The minimum absolute atomic E-state index is 0.0424. The molecule has 43 heavy (non-hydrogen) atoms. The van der Waals surface area contributed by atoms with E-state index in [2.05, 4.69) is 10.3 Å². The number of pyridine rings is 1. The second-order valence-corrected chi connectivity index (χ2v) is 11.1. The molecule has 9 nitrogen and oxygen atoms in total. The number of carboxylic acid groups (broad SMARTS) is 1. The predicted molar refractivity (Wildman–Crippen MR) is 160 cm³/mol. The number of carbonyl (C=O) groups excluding carboxylic acids is 2. The van der Waals surface area contributed by atoms with Gasteiger partial charge in [-0.25, -0.2) is 9.48 Å². The lowest BCUT2D eigenvalue weighted by Gasteiger charge is -2.45. The first-order valence-electron chi connectivity index (χ1n) is 14.2. The number of nitrogens with one attached hydrogen (secondary N) is 1. The van der Waals surface area contributed by atoms with Crippen LogP contribution in [0, 0.1) is 12.8 Å². The van der Waals surface area contributed by atoms with Crippen molar-refractivity contribution in [3.8, 4) is 22.6 Å². The lowest BCUT2D eigenvalue weighted by Crippen LogP contribution is -2.58. The summed E-state index contributed by atoms with van der Waals surface area (Å²) < 4.78 is 8.46. The number of Topliss-reactive ketones (excluding diaryl/α,β-unsaturated/α-hetero) is 2. The number of aromatic nitrogens is 3. The summed E-state index contributed by atoms with van der Waals surface area (Å²) in [5.74, 6) is -2.28. The van der Waals surface area contributed by atoms with E-state index in [1.165, 1.54) is 12.3 Å². The molecule has 0 bridgehead atoms. The molecule has 0 unspecified atom stereocenters. The fourth-order valence-electron chi connectivity index (χ4n) is 6.33. The Balaban J connectivity index is 1.30. The summed E-state index contributed by atoms with van der Waals surface area (Å²) in [6.07, 6.45) is 3.84. The van der Waals surface area contributed by atoms with Gasteiger partial charge in [-0.3, -0.25) is 14.6 Å². The molecule has 1 saturated heterocycles. The Hall–Kier alpha value is -5.15. The molecule has 2 aliphatic rings. The molecule has 1 fully saturated rings. The number of piperidine rings is 1. The molecule has 214 valence electrons. The van der Waals surface area contributed by atoms with E-state index >= 15 is 0 Å². The maximum Gasteiger partial charge on any atom is 0.337 e. The largest absolute Gasteiger partial charge is 0.485 e. The SMILES string of the molecule is Cc1nn(-c2ccccc2)c2ccc(C(=O)[C@@H]3C(=O)c4cc(-c5cncc(C(=O)O)c5)ccc4OC34CCNCC4)cc12. The predicted octanol–water partition coefficient (Wildman–Crippen LogP) is 5.29. The van der Waals surface area contributed by atoms with Crippen molar-refractivity contribution in [2.24, 2.45) is 5.92 Å². The standard InChI is InChI=1S/C34H28N4O5/c1-20-26-17-22(7-9-28(26)38(37-20)25-5-3-2-4-6-25)31(39)30-32(40)27-16-21(23-15-24(33(41)42)19-36-18-23)8-10-29(27)43-34(30)11-13-35-14-12-34/h2-10,15-19,30,35H,11-14H2,1H3,(H,41,42)/t30-/m1/s1. The molecule has 7 rings (SSSR count). The third-order valence-electron chi connectivity index (χ3n) is 8.53. The Labute approximate surface area is 247 Å². The highest BCUT2D eigenvalue weighted by molar-refractivity contribution is 6.19. The van der Waals surface area contributed by atoms with Gasteiger partial charge in [0.05, 0.1) is 28.0 Å². The highest BCUT2D eigenvalue weighted by Gasteiger charge is 2.53. The molecule has 0 saturated carbocycles. The molecule has 1 atom stereocenters. The zero-order valence-electron chi connectivity index (χ0n) is 23.4. The Bertz CT molecular complexity index is 1920. The normalized spacial score (nSPS) is 17.4. The minimum atomic E-state index is -1.09. The summed E-state index contributed by atoms with van der Waals surface area (Å²) in [6.45, 7) is 3.16. The quantitative estimate of drug-likeness (QED) is 0.215. The van der Waals surface area contributed by atoms with Crippen molar-refractivity contribution in [3.05, 3.63) is 108 Å². The fraction of sp³-hybridized carbons (Fsp3) is 0.206. The number of nitrogens with zero attached hydrogens (tertiary/aromatic N) is 3. The van der Waals surface area contributed by atoms with Gasteiger partial charge in [-0.05, 0) is 74.1 Å². The summed E-state index contributed by atoms with van der Waals surface area (Å²) in [5.41, 5.74) is 3.54. The summed E-state index contributed by atoms with van der Waals surface area (Å²) in [7, 11) is 0. The average Bonchev–Trinajstić information content (AvgIpc) is 3.37. The molecule has 4 heterocycles. The van der Waals surface area contributed by atoms with E-state index in [0.29, 0.717) is 53.9 Å². The second kappa shape index (κ2) is 10.3. The first-order valence-corrected chi connectivity index (χ1v) is 14.2. The highest BCUT2D eigenvalue weighted by atomic mass is 16.5. The molecule has 3 aromatic carbocycles. The first-order chi connectivity index (χ1) is 20.8. The average molecular weight is 573 g/mol. The Morgan fingerprint density at radius 1 is 0.953 bits per heavy atom. The van der Waals surface area contributed by atoms with Crippen molar-refractivity contribution in [1.29, 1.82) is 0 Å². The number of hydrogen-bond donors (Lipinski definition) is 2. The van der Waals surface area contributed by atoms with E-state index in [9.17, 15) is 19.5 Å². The maximum absolute atomic E-state index is 14.4. The number of rotatable bonds is 5. The topological polar surface area (TPSA) is 123 Å². The van der Waals surface area contributed by atoms with Crippen LogP contribution in [0.25, 0.3) is 27.7 Å². The van der Waals surface area contributed by atoms with Crippen LogP contribution in [0.2, 0.25) is 0 Å². The Morgan fingerprint density at radius 3 is 2.51 bits per heavy atom. The molecule has 5 aromatic rings. The van der Waals surface area contributed by atoms with Gasteiger partial charge in [-0.1, -0.05) is 24.3 Å². The molecule has 2 aliphatic heterocycles. The molecule has 0 amide bonds. The molecular weight excluding hydrogens is 544 g/mol. The molecular formula is C34H28N4O5. The van der Waals surface area contributed by atoms with Gasteiger partial charge in [0.25, 0.3) is 0 Å². The zero-order valence-corrected chi connectivity index (χ0v) is 23.4. The number of hydrogen-bond acceptors (Lipinski definition) is 7. The van der Waals surface area contributed by atoms with Gasteiger partial charge in [0.15, 0.2) is 11.6 Å². The molecule has 2 N–H and O–H groups in total. The zero-order chi connectivity index (χ0) is 29.7. The van der Waals surface area contributed by atoms with Crippen molar-refractivity contribution in [2.75, 3.05) is 13.1 Å². The van der Waals surface area contributed by atoms with Crippen LogP contribution < -0.4 is 10.1 Å². The third-order valence-corrected chi connectivity index (χ3v) is 8.53. The Morgan fingerprint density at radius 2 is 1.74 bits per heavy atom. The van der Waals surface area contributed by atoms with Crippen LogP contribution in [0.3, 0.4) is 0 Å². The van der Waals surface area contributed by atoms with Crippen LogP contribution in [0.15, 0.2) is 85.2 Å². The number of carbonyl (C=O) groups is 3. The number of aryl methyl sites for hydroxylation is 1. The van der Waals surface area contributed by atoms with E-state index in [4.69, 9.17) is 9.84 Å². The minimum Gasteiger partial charge on any atom is -0.485 e. The lowest BCUT2D eigenvalue weighted by atomic mass is 9.70. The van der Waals surface area contributed by atoms with E-state index in [1.807, 2.05) is 54.1 Å². The van der Waals surface area contributed by atoms with Crippen molar-refractivity contribution in [1.82, 2.24) is 20.1 Å². The van der Waals surface area contributed by atoms with Crippen molar-refractivity contribution < 1.29 is 24.2 Å². The van der Waals surface area contributed by atoms with Gasteiger partial charge in [-0.15, -0.1) is 0 Å². The second-order valence-electron chi connectivity index (χ2n) is 11.1. The van der Waals surface area contributed by atoms with E-state index in [1.54, 1.807) is 30.5 Å². The molecule has 2 aromatic heterocycles. The number of ketones is 2. The van der Waals surface area contributed by atoms with Crippen LogP contribution in [0.5, 0.6) is 5.75 Å². The van der Waals surface area contributed by atoms with Gasteiger partial charge >= 0.3 is 5.97 Å². The first kappa shape index (κ1) is 26.7.